The minimum atomic E-state index is -0.381. The Kier molecular flexibility index (Phi) is 11.9. The van der Waals surface area contributed by atoms with Crippen LogP contribution >= 0.6 is 24.0 Å². The monoisotopic (exact) mass is 480 g/mol. The molecule has 8 heteroatoms. The lowest BCUT2D eigenvalue weighted by molar-refractivity contribution is -0.127. The highest BCUT2D eigenvalue weighted by atomic mass is 127. The number of guanidine groups is 1. The van der Waals surface area contributed by atoms with Crippen molar-refractivity contribution in [2.24, 2.45) is 4.99 Å². The largest absolute Gasteiger partial charge is 0.489 e. The van der Waals surface area contributed by atoms with Gasteiger partial charge >= 0.3 is 0 Å². The number of ether oxygens (including phenoxy) is 1. The number of hydrogen-bond acceptors (Lipinski definition) is 3. The summed E-state index contributed by atoms with van der Waals surface area (Å²) in [6.45, 7) is 5.01. The van der Waals surface area contributed by atoms with E-state index >= 15 is 0 Å². The van der Waals surface area contributed by atoms with Crippen LogP contribution in [0.3, 0.4) is 0 Å². The molecule has 1 aromatic carbocycles. The lowest BCUT2D eigenvalue weighted by atomic mass is 10.3. The van der Waals surface area contributed by atoms with Gasteiger partial charge in [0, 0.05) is 27.2 Å². The second-order valence-corrected chi connectivity index (χ2v) is 6.08. The Morgan fingerprint density at radius 2 is 1.96 bits per heavy atom. The number of nitrogens with one attached hydrogen (secondary N) is 1. The number of benzene rings is 1. The minimum Gasteiger partial charge on any atom is -0.489 e. The smallest absolute Gasteiger partial charge is 0.243 e. The van der Waals surface area contributed by atoms with E-state index in [-0.39, 0.29) is 54.0 Å². The molecule has 0 aliphatic rings. The molecule has 0 aromatic heterocycles. The summed E-state index contributed by atoms with van der Waals surface area (Å²) in [6, 6.07) is 6.53. The molecule has 0 fully saturated rings. The Morgan fingerprint density at radius 3 is 2.54 bits per heavy atom. The van der Waals surface area contributed by atoms with Crippen LogP contribution in [0.2, 0.25) is 0 Å². The number of hydrogen-bond donors (Lipinski definition) is 1. The van der Waals surface area contributed by atoms with Crippen LogP contribution in [0.25, 0.3) is 0 Å². The van der Waals surface area contributed by atoms with Crippen molar-refractivity contribution in [3.63, 3.8) is 0 Å². The third-order valence-corrected chi connectivity index (χ3v) is 3.73. The Bertz CT molecular complexity index is 584. The molecule has 0 saturated carbocycles. The molecule has 0 aliphatic heterocycles. The number of carbonyl (C=O) groups excluding carboxylic acids is 1. The fourth-order valence-electron chi connectivity index (χ4n) is 1.84. The highest BCUT2D eigenvalue weighted by molar-refractivity contribution is 14.0. The molecule has 0 saturated heterocycles. The molecular formula is C18H30FIN4O2. The second kappa shape index (κ2) is 12.7. The van der Waals surface area contributed by atoms with Crippen LogP contribution in [0.5, 0.6) is 5.75 Å². The second-order valence-electron chi connectivity index (χ2n) is 6.08. The van der Waals surface area contributed by atoms with Crippen molar-refractivity contribution >= 4 is 35.8 Å². The lowest BCUT2D eigenvalue weighted by Gasteiger charge is -2.25. The van der Waals surface area contributed by atoms with Crippen molar-refractivity contribution in [2.45, 2.75) is 26.3 Å². The number of amides is 1. The predicted octanol–water partition coefficient (Wildman–Crippen LogP) is 2.59. The first-order chi connectivity index (χ1) is 11.8. The van der Waals surface area contributed by atoms with Gasteiger partial charge in [0.05, 0.1) is 6.54 Å². The van der Waals surface area contributed by atoms with E-state index in [1.165, 1.54) is 11.0 Å². The van der Waals surface area contributed by atoms with E-state index in [1.54, 1.807) is 32.3 Å². The fourth-order valence-corrected chi connectivity index (χ4v) is 1.84. The number of nitrogens with zero attached hydrogens (tertiary/aromatic N) is 3. The zero-order valence-electron chi connectivity index (χ0n) is 16.2. The van der Waals surface area contributed by atoms with Gasteiger partial charge in [0.15, 0.2) is 17.5 Å². The molecule has 1 rings (SSSR count). The van der Waals surface area contributed by atoms with Gasteiger partial charge in [-0.15, -0.1) is 24.0 Å². The average molecular weight is 480 g/mol. The van der Waals surface area contributed by atoms with Gasteiger partial charge in [-0.1, -0.05) is 19.1 Å². The highest BCUT2D eigenvalue weighted by Crippen LogP contribution is 2.14. The predicted molar refractivity (Wildman–Crippen MR) is 114 cm³/mol. The number of carbonyl (C=O) groups is 1. The number of para-hydroxylation sites is 1. The molecule has 1 atom stereocenters. The van der Waals surface area contributed by atoms with Crippen LogP contribution < -0.4 is 10.1 Å². The molecule has 0 radical (unpaired) electrons. The molecular weight excluding hydrogens is 450 g/mol. The standard InChI is InChI=1S/C18H29FN4O2.HI/c1-6-14(2)21-18(20-13-17(24)22(3)4)23(5)11-12-25-16-10-8-7-9-15(16)19;/h7-10,14H,6,11-13H2,1-5H3,(H,20,21);1H. The van der Waals surface area contributed by atoms with Crippen molar-refractivity contribution in [1.82, 2.24) is 15.1 Å². The van der Waals surface area contributed by atoms with E-state index in [2.05, 4.69) is 17.2 Å². The average Bonchev–Trinajstić information content (AvgIpc) is 2.59. The first-order valence-corrected chi connectivity index (χ1v) is 8.44. The van der Waals surface area contributed by atoms with Crippen LogP contribution in [0.15, 0.2) is 29.3 Å². The number of aliphatic imine (C=N–C) groups is 1. The van der Waals surface area contributed by atoms with Gasteiger partial charge < -0.3 is 19.9 Å². The fraction of sp³-hybridized carbons (Fsp3) is 0.556. The Hall–Kier alpha value is -1.58. The van der Waals surface area contributed by atoms with E-state index in [1.807, 2.05) is 18.9 Å². The van der Waals surface area contributed by atoms with E-state index in [9.17, 15) is 9.18 Å². The van der Waals surface area contributed by atoms with E-state index in [0.29, 0.717) is 19.1 Å². The normalized spacial score (nSPS) is 12.0. The molecule has 1 N–H and O–H groups in total. The molecule has 148 valence electrons. The summed E-state index contributed by atoms with van der Waals surface area (Å²) in [7, 11) is 5.26. The van der Waals surface area contributed by atoms with Gasteiger partial charge in [0.25, 0.3) is 0 Å². The van der Waals surface area contributed by atoms with Gasteiger partial charge in [0.2, 0.25) is 5.91 Å². The van der Waals surface area contributed by atoms with Gasteiger partial charge in [-0.2, -0.15) is 0 Å². The van der Waals surface area contributed by atoms with Gasteiger partial charge in [-0.25, -0.2) is 9.38 Å². The van der Waals surface area contributed by atoms with E-state index < -0.39 is 0 Å². The highest BCUT2D eigenvalue weighted by Gasteiger charge is 2.12. The Morgan fingerprint density at radius 1 is 1.31 bits per heavy atom. The molecule has 0 heterocycles. The maximum Gasteiger partial charge on any atom is 0.243 e. The number of halogens is 2. The summed E-state index contributed by atoms with van der Waals surface area (Å²) in [5.74, 6) is 0.404. The van der Waals surface area contributed by atoms with Crippen LogP contribution in [-0.2, 0) is 4.79 Å². The molecule has 1 unspecified atom stereocenters. The number of rotatable bonds is 8. The summed E-state index contributed by atoms with van der Waals surface area (Å²) in [6.07, 6.45) is 0.931. The minimum absolute atomic E-state index is 0. The Labute approximate surface area is 172 Å². The summed E-state index contributed by atoms with van der Waals surface area (Å²) >= 11 is 0. The summed E-state index contributed by atoms with van der Waals surface area (Å²) in [5.41, 5.74) is 0. The summed E-state index contributed by atoms with van der Waals surface area (Å²) in [5, 5.41) is 3.30. The third-order valence-electron chi connectivity index (χ3n) is 3.73. The van der Waals surface area contributed by atoms with Crippen molar-refractivity contribution in [3.8, 4) is 5.75 Å². The maximum atomic E-state index is 13.6. The van der Waals surface area contributed by atoms with Crippen molar-refractivity contribution in [1.29, 1.82) is 0 Å². The van der Waals surface area contributed by atoms with Crippen LogP contribution in [-0.4, -0.2) is 68.5 Å². The molecule has 0 aliphatic carbocycles. The van der Waals surface area contributed by atoms with Gasteiger partial charge in [-0.05, 0) is 25.5 Å². The molecule has 1 aromatic rings. The van der Waals surface area contributed by atoms with Crippen molar-refractivity contribution < 1.29 is 13.9 Å². The maximum absolute atomic E-state index is 13.6. The van der Waals surface area contributed by atoms with Crippen LogP contribution in [0, 0.1) is 5.82 Å². The first kappa shape index (κ1) is 24.4. The quantitative estimate of drug-likeness (QED) is 0.353. The molecule has 26 heavy (non-hydrogen) atoms. The topological polar surface area (TPSA) is 57.2 Å². The molecule has 6 nitrogen and oxygen atoms in total. The molecule has 0 spiro atoms. The summed E-state index contributed by atoms with van der Waals surface area (Å²) < 4.78 is 19.0. The zero-order chi connectivity index (χ0) is 18.8. The lowest BCUT2D eigenvalue weighted by Crippen LogP contribution is -2.45. The van der Waals surface area contributed by atoms with E-state index in [0.717, 1.165) is 6.42 Å². The Balaban J connectivity index is 0.00000625. The zero-order valence-corrected chi connectivity index (χ0v) is 18.5. The van der Waals surface area contributed by atoms with Gasteiger partial charge in [-0.3, -0.25) is 4.79 Å². The van der Waals surface area contributed by atoms with E-state index in [4.69, 9.17) is 4.74 Å². The molecule has 1 amide bonds. The molecule has 0 bridgehead atoms. The van der Waals surface area contributed by atoms with Gasteiger partial charge in [0.1, 0.15) is 13.2 Å². The first-order valence-electron chi connectivity index (χ1n) is 8.44. The SMILES string of the molecule is CCC(C)NC(=NCC(=O)N(C)C)N(C)CCOc1ccccc1F.I. The van der Waals surface area contributed by atoms with Crippen molar-refractivity contribution in [2.75, 3.05) is 40.8 Å². The number of likely N-dealkylation sites (N-methyl/N-ethyl adjacent to an activating group) is 2. The third kappa shape index (κ3) is 8.68. The van der Waals surface area contributed by atoms with Crippen LogP contribution in [0.1, 0.15) is 20.3 Å². The van der Waals surface area contributed by atoms with Crippen LogP contribution in [0.4, 0.5) is 4.39 Å². The van der Waals surface area contributed by atoms with Crippen molar-refractivity contribution in [3.05, 3.63) is 30.1 Å². The summed E-state index contributed by atoms with van der Waals surface area (Å²) in [4.78, 5) is 19.5.